The van der Waals surface area contributed by atoms with E-state index in [0.29, 0.717) is 34.1 Å². The summed E-state index contributed by atoms with van der Waals surface area (Å²) in [6, 6.07) is 20.9. The Labute approximate surface area is 224 Å². The van der Waals surface area contributed by atoms with Gasteiger partial charge in [0.2, 0.25) is 0 Å². The molecule has 0 saturated heterocycles. The number of thioether (sulfide) groups is 1. The zero-order valence-corrected chi connectivity index (χ0v) is 22.2. The molecule has 1 heterocycles. The summed E-state index contributed by atoms with van der Waals surface area (Å²) in [5, 5.41) is 14.0. The van der Waals surface area contributed by atoms with Crippen LogP contribution in [0.2, 0.25) is 5.02 Å². The molecule has 0 aliphatic rings. The van der Waals surface area contributed by atoms with E-state index in [1.54, 1.807) is 25.5 Å². The lowest BCUT2D eigenvalue weighted by Crippen LogP contribution is -2.20. The Morgan fingerprint density at radius 1 is 1.08 bits per heavy atom. The lowest BCUT2D eigenvalue weighted by molar-refractivity contribution is -0.118. The molecule has 8 nitrogen and oxygen atoms in total. The molecular weight excluding hydrogens is 510 g/mol. The molecule has 0 saturated carbocycles. The number of ether oxygens (including phenoxy) is 2. The largest absolute Gasteiger partial charge is 0.493 e. The quantitative estimate of drug-likeness (QED) is 0.163. The van der Waals surface area contributed by atoms with Crippen molar-refractivity contribution in [1.29, 1.82) is 0 Å². The molecule has 0 radical (unpaired) electrons. The smallest absolute Gasteiger partial charge is 0.250 e. The van der Waals surface area contributed by atoms with Crippen molar-refractivity contribution in [2.24, 2.45) is 5.10 Å². The first-order valence-corrected chi connectivity index (χ1v) is 12.9. The van der Waals surface area contributed by atoms with Crippen molar-refractivity contribution >= 4 is 35.5 Å². The van der Waals surface area contributed by atoms with E-state index in [-0.39, 0.29) is 11.7 Å². The van der Waals surface area contributed by atoms with Gasteiger partial charge in [-0.25, -0.2) is 5.43 Å². The predicted molar refractivity (Wildman–Crippen MR) is 147 cm³/mol. The number of amides is 1. The van der Waals surface area contributed by atoms with Gasteiger partial charge in [-0.2, -0.15) is 5.10 Å². The second kappa shape index (κ2) is 12.4. The molecule has 0 aliphatic carbocycles. The maximum Gasteiger partial charge on any atom is 0.250 e. The number of benzene rings is 3. The molecule has 4 aromatic rings. The first kappa shape index (κ1) is 26.2. The Balaban J connectivity index is 1.46. The Bertz CT molecular complexity index is 1390. The van der Waals surface area contributed by atoms with Crippen LogP contribution in [0.15, 0.2) is 77.0 Å². The van der Waals surface area contributed by atoms with Crippen LogP contribution in [0.4, 0.5) is 0 Å². The van der Waals surface area contributed by atoms with Gasteiger partial charge in [0.1, 0.15) is 0 Å². The normalized spacial score (nSPS) is 11.0. The highest BCUT2D eigenvalue weighted by atomic mass is 35.5. The number of nitrogens with one attached hydrogen (secondary N) is 1. The van der Waals surface area contributed by atoms with E-state index >= 15 is 0 Å². The van der Waals surface area contributed by atoms with Crippen LogP contribution in [-0.4, -0.2) is 46.4 Å². The highest BCUT2D eigenvalue weighted by Crippen LogP contribution is 2.29. The van der Waals surface area contributed by atoms with E-state index in [9.17, 15) is 4.79 Å². The van der Waals surface area contributed by atoms with Crippen LogP contribution in [0.25, 0.3) is 17.1 Å². The number of hydrazone groups is 1. The number of rotatable bonds is 10. The second-order valence-corrected chi connectivity index (χ2v) is 9.29. The van der Waals surface area contributed by atoms with Crippen LogP contribution in [0.1, 0.15) is 18.1 Å². The van der Waals surface area contributed by atoms with E-state index in [1.165, 1.54) is 11.8 Å². The Morgan fingerprint density at radius 2 is 1.84 bits per heavy atom. The Hall–Kier alpha value is -3.82. The van der Waals surface area contributed by atoms with Crippen LogP contribution in [0.5, 0.6) is 11.5 Å². The fraction of sp³-hybridized carbons (Fsp3) is 0.185. The Morgan fingerprint density at radius 3 is 2.54 bits per heavy atom. The van der Waals surface area contributed by atoms with Crippen molar-refractivity contribution in [2.75, 3.05) is 19.5 Å². The zero-order valence-electron chi connectivity index (χ0n) is 20.6. The van der Waals surface area contributed by atoms with Crippen LogP contribution < -0.4 is 14.9 Å². The number of aromatic nitrogens is 3. The third-order valence-electron chi connectivity index (χ3n) is 5.25. The van der Waals surface area contributed by atoms with Gasteiger partial charge >= 0.3 is 0 Å². The Kier molecular flexibility index (Phi) is 8.81. The van der Waals surface area contributed by atoms with E-state index in [0.717, 1.165) is 22.4 Å². The first-order chi connectivity index (χ1) is 18.0. The molecule has 3 aromatic carbocycles. The summed E-state index contributed by atoms with van der Waals surface area (Å²) in [4.78, 5) is 12.5. The minimum absolute atomic E-state index is 0.106. The fourth-order valence-corrected chi connectivity index (χ4v) is 4.33. The maximum atomic E-state index is 12.5. The SMILES string of the molecule is CCOc1ccc(C=NNC(=O)CSc2nnc(-c3ccc(Cl)cc3)n2-c2ccc(C)cc2)cc1OC. The zero-order chi connectivity index (χ0) is 26.2. The lowest BCUT2D eigenvalue weighted by Gasteiger charge is -2.11. The van der Waals surface area contributed by atoms with Crippen molar-refractivity contribution in [1.82, 2.24) is 20.2 Å². The summed E-state index contributed by atoms with van der Waals surface area (Å²) in [7, 11) is 1.57. The van der Waals surface area contributed by atoms with Gasteiger partial charge in [0.15, 0.2) is 22.5 Å². The summed E-state index contributed by atoms with van der Waals surface area (Å²) in [5.41, 5.74) is 6.22. The number of carbonyl (C=O) groups excluding carboxylic acids is 1. The molecule has 37 heavy (non-hydrogen) atoms. The number of hydrogen-bond donors (Lipinski definition) is 1. The molecule has 1 aromatic heterocycles. The standard InChI is InChI=1S/C27H26ClN5O3S/c1-4-36-23-14-7-19(15-24(23)35-3)16-29-30-25(34)17-37-27-32-31-26(20-8-10-21(28)11-9-20)33(27)22-12-5-18(2)6-13-22/h5-16H,4,17H2,1-3H3,(H,30,34). The van der Waals surface area contributed by atoms with E-state index in [1.807, 2.05) is 73.0 Å². The highest BCUT2D eigenvalue weighted by Gasteiger charge is 2.17. The molecular formula is C27H26ClN5O3S. The van der Waals surface area contributed by atoms with Crippen molar-refractivity contribution in [3.05, 3.63) is 82.9 Å². The van der Waals surface area contributed by atoms with Crippen molar-refractivity contribution in [2.45, 2.75) is 19.0 Å². The molecule has 0 atom stereocenters. The minimum atomic E-state index is -0.273. The number of aryl methyl sites for hydroxylation is 1. The van der Waals surface area contributed by atoms with Crippen LogP contribution in [0.3, 0.4) is 0 Å². The second-order valence-electron chi connectivity index (χ2n) is 7.91. The van der Waals surface area contributed by atoms with Gasteiger partial charge in [0.25, 0.3) is 5.91 Å². The molecule has 0 aliphatic heterocycles. The molecule has 0 unspecified atom stereocenters. The molecule has 1 amide bonds. The van der Waals surface area contributed by atoms with Crippen molar-refractivity contribution in [3.8, 4) is 28.6 Å². The van der Waals surface area contributed by atoms with Gasteiger partial charge < -0.3 is 9.47 Å². The molecule has 190 valence electrons. The summed E-state index contributed by atoms with van der Waals surface area (Å²) < 4.78 is 12.8. The van der Waals surface area contributed by atoms with Gasteiger partial charge in [-0.15, -0.1) is 10.2 Å². The molecule has 0 bridgehead atoms. The predicted octanol–water partition coefficient (Wildman–Crippen LogP) is 5.55. The summed E-state index contributed by atoms with van der Waals surface area (Å²) in [6.45, 7) is 4.47. The number of halogens is 1. The molecule has 0 fully saturated rings. The average Bonchev–Trinajstić information content (AvgIpc) is 3.33. The fourth-order valence-electron chi connectivity index (χ4n) is 3.46. The molecule has 0 spiro atoms. The lowest BCUT2D eigenvalue weighted by atomic mass is 10.2. The minimum Gasteiger partial charge on any atom is -0.493 e. The van der Waals surface area contributed by atoms with Gasteiger partial charge in [0.05, 0.1) is 25.7 Å². The van der Waals surface area contributed by atoms with E-state index < -0.39 is 0 Å². The van der Waals surface area contributed by atoms with E-state index in [4.69, 9.17) is 21.1 Å². The summed E-state index contributed by atoms with van der Waals surface area (Å²) in [5.74, 6) is 1.74. The first-order valence-electron chi connectivity index (χ1n) is 11.5. The van der Waals surface area contributed by atoms with Crippen molar-refractivity contribution < 1.29 is 14.3 Å². The summed E-state index contributed by atoms with van der Waals surface area (Å²) in [6.07, 6.45) is 1.55. The summed E-state index contributed by atoms with van der Waals surface area (Å²) >= 11 is 7.34. The molecule has 10 heteroatoms. The molecule has 1 N–H and O–H groups in total. The van der Waals surface area contributed by atoms with Crippen LogP contribution in [0, 0.1) is 6.92 Å². The van der Waals surface area contributed by atoms with Gasteiger partial charge in [-0.3, -0.25) is 9.36 Å². The van der Waals surface area contributed by atoms with Gasteiger partial charge in [-0.1, -0.05) is 41.1 Å². The monoisotopic (exact) mass is 535 g/mol. The van der Waals surface area contributed by atoms with Crippen LogP contribution >= 0.6 is 23.4 Å². The van der Waals surface area contributed by atoms with Crippen molar-refractivity contribution in [3.63, 3.8) is 0 Å². The van der Waals surface area contributed by atoms with E-state index in [2.05, 4.69) is 20.7 Å². The number of hydrogen-bond acceptors (Lipinski definition) is 7. The number of methoxy groups -OCH3 is 1. The van der Waals surface area contributed by atoms with Crippen LogP contribution in [-0.2, 0) is 4.79 Å². The van der Waals surface area contributed by atoms with Gasteiger partial charge in [0, 0.05) is 16.3 Å². The van der Waals surface area contributed by atoms with Gasteiger partial charge in [-0.05, 0) is 74.0 Å². The highest BCUT2D eigenvalue weighted by molar-refractivity contribution is 7.99. The topological polar surface area (TPSA) is 90.6 Å². The third-order valence-corrected chi connectivity index (χ3v) is 6.43. The number of nitrogens with zero attached hydrogens (tertiary/aromatic N) is 4. The average molecular weight is 536 g/mol. The molecule has 4 rings (SSSR count). The maximum absolute atomic E-state index is 12.5. The number of carbonyl (C=O) groups is 1. The third kappa shape index (κ3) is 6.69.